The van der Waals surface area contributed by atoms with E-state index in [1.807, 2.05) is 30.3 Å². The molecule has 0 bridgehead atoms. The van der Waals surface area contributed by atoms with Gasteiger partial charge in [-0.2, -0.15) is 13.2 Å². The molecule has 2 aromatic carbocycles. The van der Waals surface area contributed by atoms with Crippen LogP contribution in [0.4, 0.5) is 22.8 Å². The SMILES string of the molecule is CC(C)(C)OC(=O)N(C1CN(C(=O)OCc2ccccc2)C1)[C@H]1C[C@@H](c2cccc(C(F)(F)F)c2)CC[C@@H]1O. The smallest absolute Gasteiger partial charge is 0.416 e. The van der Waals surface area contributed by atoms with Crippen molar-refractivity contribution in [3.8, 4) is 0 Å². The summed E-state index contributed by atoms with van der Waals surface area (Å²) in [6.07, 6.45) is -5.39. The Morgan fingerprint density at radius 1 is 1.03 bits per heavy atom. The number of likely N-dealkylation sites (tertiary alicyclic amines) is 1. The number of alkyl halides is 3. The van der Waals surface area contributed by atoms with Crippen LogP contribution in [0.25, 0.3) is 0 Å². The minimum Gasteiger partial charge on any atom is -0.445 e. The number of aliphatic hydroxyl groups is 1. The van der Waals surface area contributed by atoms with Crippen LogP contribution in [0.15, 0.2) is 54.6 Å². The highest BCUT2D eigenvalue weighted by molar-refractivity contribution is 5.72. The second-order valence-electron chi connectivity index (χ2n) is 11.3. The molecule has 1 heterocycles. The summed E-state index contributed by atoms with van der Waals surface area (Å²) in [5.41, 5.74) is -0.154. The predicted octanol–water partition coefficient (Wildman–Crippen LogP) is 5.96. The van der Waals surface area contributed by atoms with Crippen LogP contribution in [0.5, 0.6) is 0 Å². The number of nitrogens with zero attached hydrogens (tertiary/aromatic N) is 2. The number of carbonyl (C=O) groups excluding carboxylic acids is 2. The molecule has 2 fully saturated rings. The van der Waals surface area contributed by atoms with Crippen LogP contribution in [0.2, 0.25) is 0 Å². The lowest BCUT2D eigenvalue weighted by Crippen LogP contribution is -2.67. The summed E-state index contributed by atoms with van der Waals surface area (Å²) in [4.78, 5) is 28.9. The van der Waals surface area contributed by atoms with E-state index >= 15 is 0 Å². The van der Waals surface area contributed by atoms with Gasteiger partial charge in [-0.05, 0) is 63.1 Å². The van der Waals surface area contributed by atoms with Crippen molar-refractivity contribution >= 4 is 12.2 Å². The van der Waals surface area contributed by atoms with E-state index in [0.29, 0.717) is 18.4 Å². The van der Waals surface area contributed by atoms with Gasteiger partial charge in [-0.3, -0.25) is 4.90 Å². The fourth-order valence-electron chi connectivity index (χ4n) is 5.16. The van der Waals surface area contributed by atoms with E-state index in [-0.39, 0.29) is 32.0 Å². The lowest BCUT2D eigenvalue weighted by Gasteiger charge is -2.50. The Hall–Kier alpha value is -3.27. The summed E-state index contributed by atoms with van der Waals surface area (Å²) in [5.74, 6) is -0.280. The van der Waals surface area contributed by atoms with Gasteiger partial charge in [-0.25, -0.2) is 9.59 Å². The van der Waals surface area contributed by atoms with Crippen LogP contribution in [0.1, 0.15) is 62.6 Å². The summed E-state index contributed by atoms with van der Waals surface area (Å²) >= 11 is 0. The number of hydrogen-bond donors (Lipinski definition) is 1. The molecule has 1 aliphatic heterocycles. The Balaban J connectivity index is 1.48. The lowest BCUT2D eigenvalue weighted by molar-refractivity contribution is -0.137. The number of rotatable bonds is 5. The fraction of sp³-hybridized carbons (Fsp3) is 0.517. The van der Waals surface area contributed by atoms with E-state index in [1.165, 1.54) is 15.9 Å². The quantitative estimate of drug-likeness (QED) is 0.499. The van der Waals surface area contributed by atoms with Crippen LogP contribution >= 0.6 is 0 Å². The molecule has 1 N–H and O–H groups in total. The average molecular weight is 549 g/mol. The summed E-state index contributed by atoms with van der Waals surface area (Å²) in [5, 5.41) is 11.0. The van der Waals surface area contributed by atoms with Crippen LogP contribution in [0.3, 0.4) is 0 Å². The Morgan fingerprint density at radius 2 is 1.72 bits per heavy atom. The zero-order chi connectivity index (χ0) is 28.4. The van der Waals surface area contributed by atoms with Crippen LogP contribution in [0, 0.1) is 0 Å². The molecular formula is C29H35F3N2O5. The second kappa shape index (κ2) is 11.5. The minimum atomic E-state index is -4.46. The number of halogens is 3. The van der Waals surface area contributed by atoms with Crippen molar-refractivity contribution < 1.29 is 37.3 Å². The molecule has 1 saturated carbocycles. The minimum absolute atomic E-state index is 0.122. The van der Waals surface area contributed by atoms with Gasteiger partial charge in [-0.1, -0.05) is 48.5 Å². The van der Waals surface area contributed by atoms with Gasteiger partial charge in [0.15, 0.2) is 0 Å². The van der Waals surface area contributed by atoms with E-state index in [9.17, 15) is 27.9 Å². The van der Waals surface area contributed by atoms with Crippen molar-refractivity contribution in [2.75, 3.05) is 13.1 Å². The molecule has 1 aliphatic carbocycles. The van der Waals surface area contributed by atoms with Crippen LogP contribution < -0.4 is 0 Å². The molecule has 39 heavy (non-hydrogen) atoms. The summed E-state index contributed by atoms with van der Waals surface area (Å²) in [6, 6.07) is 13.4. The third-order valence-corrected chi connectivity index (χ3v) is 7.15. The lowest BCUT2D eigenvalue weighted by atomic mass is 9.78. The Labute approximate surface area is 226 Å². The largest absolute Gasteiger partial charge is 0.445 e. The monoisotopic (exact) mass is 548 g/mol. The molecule has 10 heteroatoms. The highest BCUT2D eigenvalue weighted by atomic mass is 19.4. The highest BCUT2D eigenvalue weighted by Crippen LogP contribution is 2.39. The highest BCUT2D eigenvalue weighted by Gasteiger charge is 2.46. The Kier molecular flexibility index (Phi) is 8.44. The first-order chi connectivity index (χ1) is 18.3. The van der Waals surface area contributed by atoms with Crippen LogP contribution in [-0.2, 0) is 22.3 Å². The first-order valence-corrected chi connectivity index (χ1v) is 13.1. The zero-order valence-electron chi connectivity index (χ0n) is 22.4. The molecule has 212 valence electrons. The van der Waals surface area contributed by atoms with E-state index in [1.54, 1.807) is 26.8 Å². The van der Waals surface area contributed by atoms with E-state index < -0.39 is 47.7 Å². The molecule has 2 aromatic rings. The van der Waals surface area contributed by atoms with Crippen molar-refractivity contribution in [3.05, 3.63) is 71.3 Å². The van der Waals surface area contributed by atoms with Gasteiger partial charge in [-0.15, -0.1) is 0 Å². The molecule has 4 rings (SSSR count). The first-order valence-electron chi connectivity index (χ1n) is 13.1. The van der Waals surface area contributed by atoms with Gasteiger partial charge < -0.3 is 19.5 Å². The Morgan fingerprint density at radius 3 is 2.36 bits per heavy atom. The number of amides is 2. The molecule has 2 amide bonds. The predicted molar refractivity (Wildman–Crippen MR) is 138 cm³/mol. The summed E-state index contributed by atoms with van der Waals surface area (Å²) in [7, 11) is 0. The molecule has 3 atom stereocenters. The third-order valence-electron chi connectivity index (χ3n) is 7.15. The first kappa shape index (κ1) is 28.7. The molecule has 0 unspecified atom stereocenters. The Bertz CT molecular complexity index is 1150. The van der Waals surface area contributed by atoms with Gasteiger partial charge in [0.25, 0.3) is 0 Å². The second-order valence-corrected chi connectivity index (χ2v) is 11.3. The zero-order valence-corrected chi connectivity index (χ0v) is 22.4. The van der Waals surface area contributed by atoms with Gasteiger partial charge in [0.2, 0.25) is 0 Å². The summed E-state index contributed by atoms with van der Waals surface area (Å²) < 4.78 is 51.0. The van der Waals surface area contributed by atoms with Crippen molar-refractivity contribution in [1.82, 2.24) is 9.80 Å². The van der Waals surface area contributed by atoms with E-state index in [2.05, 4.69) is 0 Å². The van der Waals surface area contributed by atoms with Crippen molar-refractivity contribution in [1.29, 1.82) is 0 Å². The number of carbonyl (C=O) groups is 2. The van der Waals surface area contributed by atoms with E-state index in [4.69, 9.17) is 9.47 Å². The number of ether oxygens (including phenoxy) is 2. The van der Waals surface area contributed by atoms with Crippen molar-refractivity contribution in [2.45, 2.75) is 82.5 Å². The summed E-state index contributed by atoms with van der Waals surface area (Å²) in [6.45, 7) is 5.73. The average Bonchev–Trinajstić information content (AvgIpc) is 2.84. The maximum Gasteiger partial charge on any atom is 0.416 e. The molecule has 0 aromatic heterocycles. The van der Waals surface area contributed by atoms with Gasteiger partial charge in [0.1, 0.15) is 12.2 Å². The fourth-order valence-corrected chi connectivity index (χ4v) is 5.16. The molecule has 0 spiro atoms. The maximum absolute atomic E-state index is 13.4. The number of benzene rings is 2. The van der Waals surface area contributed by atoms with Gasteiger partial charge in [0.05, 0.1) is 23.8 Å². The number of hydrogen-bond acceptors (Lipinski definition) is 5. The number of aliphatic hydroxyl groups excluding tert-OH is 1. The molecule has 1 saturated heterocycles. The molecular weight excluding hydrogens is 513 g/mol. The van der Waals surface area contributed by atoms with Gasteiger partial charge in [0, 0.05) is 13.1 Å². The molecule has 7 nitrogen and oxygen atoms in total. The van der Waals surface area contributed by atoms with Crippen LogP contribution in [-0.4, -0.2) is 64.0 Å². The molecule has 0 radical (unpaired) electrons. The van der Waals surface area contributed by atoms with E-state index in [0.717, 1.165) is 17.7 Å². The standard InChI is InChI=1S/C29H35F3N2O5/c1-28(2,3)39-27(37)34(23-16-33(17-23)26(36)38-18-19-8-5-4-6-9-19)24-15-21(12-13-25(24)35)20-10-7-11-22(14-20)29(30,31)32/h4-11,14,21,23-25,35H,12-13,15-18H2,1-3H3/t21-,24-,25-/m0/s1. The third kappa shape index (κ3) is 7.23. The van der Waals surface area contributed by atoms with Gasteiger partial charge >= 0.3 is 18.4 Å². The topological polar surface area (TPSA) is 79.3 Å². The molecule has 2 aliphatic rings. The normalized spacial score (nSPS) is 22.1. The maximum atomic E-state index is 13.4. The van der Waals surface area contributed by atoms with Crippen molar-refractivity contribution in [3.63, 3.8) is 0 Å². The van der Waals surface area contributed by atoms with Crippen molar-refractivity contribution in [2.24, 2.45) is 0 Å².